The summed E-state index contributed by atoms with van der Waals surface area (Å²) in [6.45, 7) is 6.32. The fourth-order valence-electron chi connectivity index (χ4n) is 2.27. The van der Waals surface area contributed by atoms with Gasteiger partial charge in [0.25, 0.3) is 0 Å². The minimum absolute atomic E-state index is 0.428. The van der Waals surface area contributed by atoms with Crippen molar-refractivity contribution in [2.75, 3.05) is 7.11 Å². The Hall–Kier alpha value is -0.660. The third-order valence-electron chi connectivity index (χ3n) is 4.28. The van der Waals surface area contributed by atoms with Gasteiger partial charge >= 0.3 is 5.97 Å². The van der Waals surface area contributed by atoms with Gasteiger partial charge in [0, 0.05) is 0 Å². The molecule has 2 unspecified atom stereocenters. The normalized spacial score (nSPS) is 24.7. The van der Waals surface area contributed by atoms with Crippen molar-refractivity contribution in [1.82, 2.24) is 4.72 Å². The van der Waals surface area contributed by atoms with Crippen molar-refractivity contribution in [3.63, 3.8) is 0 Å². The Morgan fingerprint density at radius 1 is 1.25 bits per heavy atom. The molecule has 0 aliphatic heterocycles. The molecule has 0 aromatic rings. The van der Waals surface area contributed by atoms with Gasteiger partial charge in [-0.05, 0) is 40.5 Å². The number of carbonyl (C=O) groups excluding carboxylic acids is 1. The first kappa shape index (κ1) is 17.4. The number of nitrogens with one attached hydrogen (secondary N) is 1. The second-order valence-electron chi connectivity index (χ2n) is 6.43. The van der Waals surface area contributed by atoms with Crippen LogP contribution in [0.1, 0.15) is 47.0 Å². The van der Waals surface area contributed by atoms with E-state index in [9.17, 15) is 18.3 Å². The first-order chi connectivity index (χ1) is 8.92. The van der Waals surface area contributed by atoms with Crippen LogP contribution in [0.3, 0.4) is 0 Å². The van der Waals surface area contributed by atoms with Gasteiger partial charge in [0.15, 0.2) is 0 Å². The SMILES string of the molecule is COC(=O)C1CCCC1S(=O)(=O)NC(C)(C)C(C)(C)O. The number of hydrogen-bond acceptors (Lipinski definition) is 5. The van der Waals surface area contributed by atoms with E-state index in [1.807, 2.05) is 0 Å². The Kier molecular flexibility index (Phi) is 4.88. The molecule has 0 aromatic heterocycles. The maximum atomic E-state index is 12.5. The van der Waals surface area contributed by atoms with Crippen LogP contribution in [0, 0.1) is 5.92 Å². The molecule has 20 heavy (non-hydrogen) atoms. The molecule has 1 rings (SSSR count). The van der Waals surface area contributed by atoms with Gasteiger partial charge in [-0.1, -0.05) is 6.42 Å². The Morgan fingerprint density at radius 2 is 1.80 bits per heavy atom. The van der Waals surface area contributed by atoms with E-state index < -0.39 is 38.3 Å². The van der Waals surface area contributed by atoms with Gasteiger partial charge in [0.2, 0.25) is 10.0 Å². The average Bonchev–Trinajstić information content (AvgIpc) is 2.74. The number of rotatable bonds is 5. The molecule has 118 valence electrons. The number of ether oxygens (including phenoxy) is 1. The highest BCUT2D eigenvalue weighted by Crippen LogP contribution is 2.33. The lowest BCUT2D eigenvalue weighted by Crippen LogP contribution is -2.59. The molecule has 0 saturated heterocycles. The molecule has 2 N–H and O–H groups in total. The van der Waals surface area contributed by atoms with Gasteiger partial charge in [0.1, 0.15) is 0 Å². The topological polar surface area (TPSA) is 92.7 Å². The minimum atomic E-state index is -3.72. The molecule has 0 aromatic carbocycles. The van der Waals surface area contributed by atoms with Crippen molar-refractivity contribution >= 4 is 16.0 Å². The fraction of sp³-hybridized carbons (Fsp3) is 0.923. The Labute approximate surface area is 120 Å². The summed E-state index contributed by atoms with van der Waals surface area (Å²) < 4.78 is 32.2. The predicted octanol–water partition coefficient (Wildman–Crippen LogP) is 0.797. The maximum absolute atomic E-state index is 12.5. The summed E-state index contributed by atoms with van der Waals surface area (Å²) in [5.41, 5.74) is -2.26. The Bertz CT molecular complexity index is 464. The Balaban J connectivity index is 2.97. The molecule has 0 bridgehead atoms. The lowest BCUT2D eigenvalue weighted by Gasteiger charge is -2.38. The van der Waals surface area contributed by atoms with Crippen LogP contribution in [-0.4, -0.2) is 43.0 Å². The molecule has 0 radical (unpaired) electrons. The first-order valence-electron chi connectivity index (χ1n) is 6.75. The number of aliphatic hydroxyl groups is 1. The summed E-state index contributed by atoms with van der Waals surface area (Å²) in [6.07, 6.45) is 1.62. The average molecular weight is 307 g/mol. The molecular weight excluding hydrogens is 282 g/mol. The number of esters is 1. The van der Waals surface area contributed by atoms with E-state index in [-0.39, 0.29) is 0 Å². The van der Waals surface area contributed by atoms with Gasteiger partial charge in [-0.25, -0.2) is 13.1 Å². The van der Waals surface area contributed by atoms with Gasteiger partial charge in [-0.2, -0.15) is 0 Å². The van der Waals surface area contributed by atoms with Crippen molar-refractivity contribution in [3.8, 4) is 0 Å². The first-order valence-corrected chi connectivity index (χ1v) is 8.30. The predicted molar refractivity (Wildman–Crippen MR) is 75.6 cm³/mol. The van der Waals surface area contributed by atoms with Gasteiger partial charge in [0.05, 0.1) is 29.4 Å². The molecule has 1 fully saturated rings. The summed E-state index contributed by atoms with van der Waals surface area (Å²) in [6, 6.07) is 0. The lowest BCUT2D eigenvalue weighted by molar-refractivity contribution is -0.145. The third-order valence-corrected chi connectivity index (χ3v) is 6.44. The van der Waals surface area contributed by atoms with Crippen molar-refractivity contribution in [2.45, 2.75) is 63.3 Å². The molecular formula is C13H25NO5S. The van der Waals surface area contributed by atoms with E-state index in [1.165, 1.54) is 7.11 Å². The van der Waals surface area contributed by atoms with Crippen LogP contribution in [0.2, 0.25) is 0 Å². The van der Waals surface area contributed by atoms with Gasteiger partial charge in [-0.3, -0.25) is 4.79 Å². The van der Waals surface area contributed by atoms with Crippen molar-refractivity contribution in [3.05, 3.63) is 0 Å². The van der Waals surface area contributed by atoms with Crippen LogP contribution >= 0.6 is 0 Å². The van der Waals surface area contributed by atoms with Crippen LogP contribution in [0.4, 0.5) is 0 Å². The van der Waals surface area contributed by atoms with Crippen LogP contribution in [0.25, 0.3) is 0 Å². The number of carbonyl (C=O) groups is 1. The second-order valence-corrected chi connectivity index (χ2v) is 8.33. The molecule has 2 atom stereocenters. The van der Waals surface area contributed by atoms with Crippen LogP contribution in [-0.2, 0) is 19.6 Å². The largest absolute Gasteiger partial charge is 0.469 e. The zero-order valence-electron chi connectivity index (χ0n) is 12.8. The molecule has 6 nitrogen and oxygen atoms in total. The van der Waals surface area contributed by atoms with E-state index in [1.54, 1.807) is 27.7 Å². The van der Waals surface area contributed by atoms with Gasteiger partial charge < -0.3 is 9.84 Å². The summed E-state index contributed by atoms with van der Waals surface area (Å²) >= 11 is 0. The number of hydrogen-bond donors (Lipinski definition) is 2. The molecule has 0 heterocycles. The van der Waals surface area contributed by atoms with E-state index in [0.29, 0.717) is 19.3 Å². The molecule has 1 aliphatic rings. The monoisotopic (exact) mass is 307 g/mol. The molecule has 7 heteroatoms. The summed E-state index contributed by atoms with van der Waals surface area (Å²) in [5, 5.41) is 9.26. The highest BCUT2D eigenvalue weighted by Gasteiger charge is 2.46. The number of methoxy groups -OCH3 is 1. The molecule has 1 saturated carbocycles. The van der Waals surface area contributed by atoms with E-state index >= 15 is 0 Å². The fourth-order valence-corrected chi connectivity index (χ4v) is 4.54. The minimum Gasteiger partial charge on any atom is -0.469 e. The molecule has 0 spiro atoms. The second kappa shape index (κ2) is 5.61. The van der Waals surface area contributed by atoms with Crippen LogP contribution < -0.4 is 4.72 Å². The van der Waals surface area contributed by atoms with Crippen molar-refractivity contribution < 1.29 is 23.1 Å². The molecule has 1 aliphatic carbocycles. The van der Waals surface area contributed by atoms with E-state index in [2.05, 4.69) is 9.46 Å². The van der Waals surface area contributed by atoms with Gasteiger partial charge in [-0.15, -0.1) is 0 Å². The summed E-state index contributed by atoms with van der Waals surface area (Å²) in [7, 11) is -2.45. The highest BCUT2D eigenvalue weighted by molar-refractivity contribution is 7.90. The zero-order chi connectivity index (χ0) is 15.8. The summed E-state index contributed by atoms with van der Waals surface area (Å²) in [5.74, 6) is -1.12. The standard InChI is InChI=1S/C13H25NO5S/c1-12(2,13(3,4)16)14-20(17,18)10-8-6-7-9(10)11(15)19-5/h9-10,14,16H,6-8H2,1-5H3. The van der Waals surface area contributed by atoms with E-state index in [0.717, 1.165) is 0 Å². The summed E-state index contributed by atoms with van der Waals surface area (Å²) in [4.78, 5) is 11.7. The van der Waals surface area contributed by atoms with Crippen LogP contribution in [0.15, 0.2) is 0 Å². The molecule has 0 amide bonds. The smallest absolute Gasteiger partial charge is 0.310 e. The Morgan fingerprint density at radius 3 is 2.25 bits per heavy atom. The highest BCUT2D eigenvalue weighted by atomic mass is 32.2. The zero-order valence-corrected chi connectivity index (χ0v) is 13.6. The third kappa shape index (κ3) is 3.51. The van der Waals surface area contributed by atoms with E-state index in [4.69, 9.17) is 0 Å². The quantitative estimate of drug-likeness (QED) is 0.733. The lowest BCUT2D eigenvalue weighted by atomic mass is 9.87. The maximum Gasteiger partial charge on any atom is 0.310 e. The number of sulfonamides is 1. The van der Waals surface area contributed by atoms with Crippen LogP contribution in [0.5, 0.6) is 0 Å². The van der Waals surface area contributed by atoms with Crippen molar-refractivity contribution in [2.24, 2.45) is 5.92 Å². The van der Waals surface area contributed by atoms with Crippen molar-refractivity contribution in [1.29, 1.82) is 0 Å².